The van der Waals surface area contributed by atoms with Gasteiger partial charge in [0, 0.05) is 17.0 Å². The first-order valence-electron chi connectivity index (χ1n) is 7.24. The van der Waals surface area contributed by atoms with Gasteiger partial charge < -0.3 is 4.57 Å². The number of benzene rings is 2. The molecule has 0 radical (unpaired) electrons. The second-order valence-electron chi connectivity index (χ2n) is 5.39. The predicted octanol–water partition coefficient (Wildman–Crippen LogP) is 4.11. The second-order valence-corrected chi connectivity index (χ2v) is 5.80. The number of hydrogen-bond donors (Lipinski definition) is 1. The molecule has 0 spiro atoms. The Kier molecular flexibility index (Phi) is 3.09. The Morgan fingerprint density at radius 3 is 2.73 bits per heavy atom. The van der Waals surface area contributed by atoms with Crippen molar-refractivity contribution in [2.45, 2.75) is 13.0 Å². The maximum absolute atomic E-state index is 8.40. The van der Waals surface area contributed by atoms with E-state index in [4.69, 9.17) is 22.0 Å². The molecule has 3 nitrogen and oxygen atoms in total. The number of rotatable bonds is 1. The van der Waals surface area contributed by atoms with E-state index < -0.39 is 0 Å². The highest BCUT2D eigenvalue weighted by Crippen LogP contribution is 2.29. The molecule has 0 aliphatic carbocycles. The van der Waals surface area contributed by atoms with Gasteiger partial charge in [0.25, 0.3) is 0 Å². The van der Waals surface area contributed by atoms with E-state index in [9.17, 15) is 0 Å². The second kappa shape index (κ2) is 5.11. The van der Waals surface area contributed by atoms with Gasteiger partial charge in [0.2, 0.25) is 0 Å². The largest absolute Gasteiger partial charge is 0.310 e. The topological polar surface area (TPSA) is 41.7 Å². The van der Waals surface area contributed by atoms with E-state index in [1.807, 2.05) is 53.1 Å². The summed E-state index contributed by atoms with van der Waals surface area (Å²) < 4.78 is 1.98. The average Bonchev–Trinajstić information content (AvgIpc) is 2.93. The van der Waals surface area contributed by atoms with Crippen LogP contribution in [0.3, 0.4) is 0 Å². The fraction of sp³-hybridized carbons (Fsp3) is 0.111. The third kappa shape index (κ3) is 2.06. The van der Waals surface area contributed by atoms with E-state index in [0.29, 0.717) is 5.49 Å². The van der Waals surface area contributed by atoms with Crippen LogP contribution in [0.25, 0.3) is 22.6 Å². The van der Waals surface area contributed by atoms with Gasteiger partial charge in [-0.05, 0) is 41.8 Å². The molecule has 1 aliphatic heterocycles. The number of aromatic nitrogens is 2. The maximum Gasteiger partial charge on any atom is 0.138 e. The summed E-state index contributed by atoms with van der Waals surface area (Å²) in [4.78, 5) is 4.76. The fourth-order valence-corrected chi connectivity index (χ4v) is 3.11. The first-order valence-corrected chi connectivity index (χ1v) is 7.61. The van der Waals surface area contributed by atoms with Crippen molar-refractivity contribution in [3.05, 3.63) is 70.4 Å². The molecule has 108 valence electrons. The van der Waals surface area contributed by atoms with Crippen LogP contribution in [0.5, 0.6) is 0 Å². The van der Waals surface area contributed by atoms with Gasteiger partial charge in [-0.15, -0.1) is 0 Å². The minimum atomic E-state index is 0.531. The van der Waals surface area contributed by atoms with Gasteiger partial charge in [-0.3, -0.25) is 5.41 Å². The van der Waals surface area contributed by atoms with Gasteiger partial charge in [0.05, 0.1) is 5.52 Å². The van der Waals surface area contributed by atoms with Crippen LogP contribution in [0.4, 0.5) is 0 Å². The monoisotopic (exact) mass is 307 g/mol. The van der Waals surface area contributed by atoms with Crippen molar-refractivity contribution in [3.8, 4) is 0 Å². The van der Waals surface area contributed by atoms with E-state index in [1.165, 1.54) is 0 Å². The van der Waals surface area contributed by atoms with Crippen LogP contribution < -0.4 is 5.49 Å². The summed E-state index contributed by atoms with van der Waals surface area (Å²) in [6.07, 6.45) is 2.96. The number of fused-ring (bicyclic) bond motifs is 2. The molecular formula is C18H14ClN3. The summed E-state index contributed by atoms with van der Waals surface area (Å²) in [5.74, 6) is 0.878. The third-order valence-electron chi connectivity index (χ3n) is 4.04. The Balaban J connectivity index is 1.93. The summed E-state index contributed by atoms with van der Waals surface area (Å²) in [5.41, 5.74) is 3.52. The Morgan fingerprint density at radius 2 is 1.86 bits per heavy atom. The lowest BCUT2D eigenvalue weighted by atomic mass is 10.1. The molecule has 1 aromatic heterocycles. The minimum absolute atomic E-state index is 0.531. The van der Waals surface area contributed by atoms with Crippen molar-refractivity contribution in [2.24, 2.45) is 0 Å². The zero-order chi connectivity index (χ0) is 15.1. The quantitative estimate of drug-likeness (QED) is 0.722. The van der Waals surface area contributed by atoms with Gasteiger partial charge in [-0.25, -0.2) is 4.98 Å². The summed E-state index contributed by atoms with van der Waals surface area (Å²) in [7, 11) is 0. The number of nitrogens with zero attached hydrogens (tertiary/aromatic N) is 2. The lowest BCUT2D eigenvalue weighted by Gasteiger charge is -2.07. The lowest BCUT2D eigenvalue weighted by Crippen LogP contribution is -2.20. The summed E-state index contributed by atoms with van der Waals surface area (Å²) in [6, 6.07) is 15.6. The Bertz CT molecular complexity index is 969. The SMILES string of the molecule is N=c1c2ccccc2nc2n1CC/C2=C\c1ccccc1Cl. The Labute approximate surface area is 133 Å². The van der Waals surface area contributed by atoms with Crippen LogP contribution in [0.2, 0.25) is 5.02 Å². The maximum atomic E-state index is 8.40. The van der Waals surface area contributed by atoms with Crippen molar-refractivity contribution in [1.29, 1.82) is 5.41 Å². The molecule has 0 saturated carbocycles. The summed E-state index contributed by atoms with van der Waals surface area (Å²) in [6.45, 7) is 0.794. The van der Waals surface area contributed by atoms with Crippen LogP contribution in [0.15, 0.2) is 48.5 Å². The van der Waals surface area contributed by atoms with Crippen LogP contribution in [-0.4, -0.2) is 9.55 Å². The molecule has 2 aromatic carbocycles. The van der Waals surface area contributed by atoms with Gasteiger partial charge in [0.1, 0.15) is 11.3 Å². The first-order chi connectivity index (χ1) is 10.7. The van der Waals surface area contributed by atoms with Gasteiger partial charge in [-0.2, -0.15) is 0 Å². The third-order valence-corrected chi connectivity index (χ3v) is 4.38. The van der Waals surface area contributed by atoms with Gasteiger partial charge in [0.15, 0.2) is 0 Å². The zero-order valence-electron chi connectivity index (χ0n) is 11.9. The molecule has 0 unspecified atom stereocenters. The van der Waals surface area contributed by atoms with Crippen LogP contribution in [-0.2, 0) is 6.54 Å². The van der Waals surface area contributed by atoms with Crippen molar-refractivity contribution in [1.82, 2.24) is 9.55 Å². The Hall–Kier alpha value is -2.39. The molecule has 4 rings (SSSR count). The average molecular weight is 308 g/mol. The lowest BCUT2D eigenvalue weighted by molar-refractivity contribution is 0.703. The smallest absolute Gasteiger partial charge is 0.138 e. The number of para-hydroxylation sites is 1. The van der Waals surface area contributed by atoms with Crippen LogP contribution in [0.1, 0.15) is 17.8 Å². The molecular weight excluding hydrogens is 294 g/mol. The highest BCUT2D eigenvalue weighted by molar-refractivity contribution is 6.32. The molecule has 0 bridgehead atoms. The highest BCUT2D eigenvalue weighted by atomic mass is 35.5. The van der Waals surface area contributed by atoms with E-state index in [0.717, 1.165) is 45.9 Å². The van der Waals surface area contributed by atoms with Crippen LogP contribution >= 0.6 is 11.6 Å². The van der Waals surface area contributed by atoms with E-state index in [1.54, 1.807) is 0 Å². The van der Waals surface area contributed by atoms with E-state index >= 15 is 0 Å². The molecule has 0 saturated heterocycles. The number of hydrogen-bond acceptors (Lipinski definition) is 2. The highest BCUT2D eigenvalue weighted by Gasteiger charge is 2.19. The molecule has 0 fully saturated rings. The molecule has 1 N–H and O–H groups in total. The minimum Gasteiger partial charge on any atom is -0.310 e. The number of halogens is 1. The Morgan fingerprint density at radius 1 is 1.09 bits per heavy atom. The summed E-state index contributed by atoms with van der Waals surface area (Å²) in [5, 5.41) is 10.0. The molecule has 0 amide bonds. The standard InChI is InChI=1S/C18H14ClN3/c19-15-7-3-1-5-12(15)11-13-9-10-22-17(20)14-6-2-4-8-16(14)21-18(13)22/h1-8,11,20H,9-10H2/b13-11+,20-17?. The van der Waals surface area contributed by atoms with Gasteiger partial charge in [-0.1, -0.05) is 41.9 Å². The van der Waals surface area contributed by atoms with Crippen LogP contribution in [0, 0.1) is 5.41 Å². The first kappa shape index (κ1) is 13.3. The van der Waals surface area contributed by atoms with Gasteiger partial charge >= 0.3 is 0 Å². The molecule has 3 aromatic rings. The van der Waals surface area contributed by atoms with Crippen molar-refractivity contribution in [2.75, 3.05) is 0 Å². The number of nitrogens with one attached hydrogen (secondary N) is 1. The van der Waals surface area contributed by atoms with Crippen molar-refractivity contribution >= 4 is 34.2 Å². The molecule has 2 heterocycles. The van der Waals surface area contributed by atoms with E-state index in [2.05, 4.69) is 6.08 Å². The molecule has 22 heavy (non-hydrogen) atoms. The number of allylic oxidation sites excluding steroid dienone is 1. The predicted molar refractivity (Wildman–Crippen MR) is 89.5 cm³/mol. The molecule has 0 atom stereocenters. The van der Waals surface area contributed by atoms with E-state index in [-0.39, 0.29) is 0 Å². The van der Waals surface area contributed by atoms with Crippen molar-refractivity contribution in [3.63, 3.8) is 0 Å². The zero-order valence-corrected chi connectivity index (χ0v) is 12.6. The fourth-order valence-electron chi connectivity index (χ4n) is 2.92. The molecule has 1 aliphatic rings. The van der Waals surface area contributed by atoms with Crippen molar-refractivity contribution < 1.29 is 0 Å². The molecule has 4 heteroatoms. The summed E-state index contributed by atoms with van der Waals surface area (Å²) >= 11 is 6.25. The normalized spacial score (nSPS) is 15.4.